The largest absolute Gasteiger partial charge is 0.480 e. The van der Waals surface area contributed by atoms with Crippen molar-refractivity contribution in [2.24, 2.45) is 0 Å². The molecular weight excluding hydrogens is 332 g/mol. The second-order valence-electron chi connectivity index (χ2n) is 4.47. The number of halogens is 1. The van der Waals surface area contributed by atoms with Crippen molar-refractivity contribution in [3.8, 4) is 0 Å². The molecule has 0 aliphatic carbocycles. The summed E-state index contributed by atoms with van der Waals surface area (Å²) >= 11 is 4.93. The maximum absolute atomic E-state index is 11.8. The fourth-order valence-electron chi connectivity index (χ4n) is 2.17. The van der Waals surface area contributed by atoms with Crippen LogP contribution in [0.2, 0.25) is 0 Å². The molecule has 0 bridgehead atoms. The number of amides is 1. The molecule has 2 N–H and O–H groups in total. The van der Waals surface area contributed by atoms with Gasteiger partial charge in [-0.3, -0.25) is 14.5 Å². The zero-order valence-electron chi connectivity index (χ0n) is 10.3. The van der Waals surface area contributed by atoms with Crippen LogP contribution in [0, 0.1) is 0 Å². The van der Waals surface area contributed by atoms with Gasteiger partial charge in [0.25, 0.3) is 0 Å². The summed E-state index contributed by atoms with van der Waals surface area (Å²) < 4.78 is 1.01. The molecule has 0 radical (unpaired) electrons. The minimum atomic E-state index is -0.840. The molecule has 0 spiro atoms. The average Bonchev–Trinajstić information content (AvgIpc) is 2.95. The summed E-state index contributed by atoms with van der Waals surface area (Å²) in [5, 5.41) is 13.8. The second-order valence-corrected chi connectivity index (χ2v) is 6.39. The minimum Gasteiger partial charge on any atom is -0.480 e. The van der Waals surface area contributed by atoms with Crippen molar-refractivity contribution in [2.45, 2.75) is 25.4 Å². The first-order chi connectivity index (χ1) is 9.06. The molecule has 1 aromatic heterocycles. The Kier molecular flexibility index (Phi) is 4.95. The molecule has 19 heavy (non-hydrogen) atoms. The molecule has 0 aromatic carbocycles. The number of thiophene rings is 1. The Morgan fingerprint density at radius 1 is 1.58 bits per heavy atom. The molecule has 1 aliphatic rings. The first-order valence-corrected chi connectivity index (χ1v) is 7.70. The van der Waals surface area contributed by atoms with E-state index in [-0.39, 0.29) is 12.5 Å². The van der Waals surface area contributed by atoms with Gasteiger partial charge in [-0.2, -0.15) is 0 Å². The Labute approximate surface area is 123 Å². The Morgan fingerprint density at radius 2 is 2.37 bits per heavy atom. The van der Waals surface area contributed by atoms with Crippen molar-refractivity contribution in [3.05, 3.63) is 20.8 Å². The predicted octanol–water partition coefficient (Wildman–Crippen LogP) is 1.68. The number of hydrogen-bond acceptors (Lipinski definition) is 4. The topological polar surface area (TPSA) is 69.6 Å². The third-order valence-electron chi connectivity index (χ3n) is 3.08. The van der Waals surface area contributed by atoms with E-state index in [4.69, 9.17) is 5.11 Å². The Hall–Kier alpha value is -0.920. The number of carbonyl (C=O) groups is 2. The summed E-state index contributed by atoms with van der Waals surface area (Å²) in [6, 6.07) is 1.45. The Balaban J connectivity index is 1.79. The number of carboxylic acids is 1. The van der Waals surface area contributed by atoms with Crippen LogP contribution in [0.5, 0.6) is 0 Å². The molecule has 1 unspecified atom stereocenters. The number of nitrogens with zero attached hydrogens (tertiary/aromatic N) is 1. The highest BCUT2D eigenvalue weighted by Crippen LogP contribution is 2.19. The molecule has 2 rings (SSSR count). The Morgan fingerprint density at radius 3 is 3.00 bits per heavy atom. The van der Waals surface area contributed by atoms with E-state index >= 15 is 0 Å². The van der Waals surface area contributed by atoms with Gasteiger partial charge in [-0.1, -0.05) is 0 Å². The standard InChI is InChI=1S/C12H15BrN2O3S/c13-8-4-9(19-7-8)5-14-11(16)6-15-3-1-2-10(15)12(17)18/h4,7,10H,1-3,5-6H2,(H,14,16)(H,17,18). The van der Waals surface area contributed by atoms with Gasteiger partial charge in [-0.05, 0) is 41.4 Å². The molecule has 1 aromatic rings. The quantitative estimate of drug-likeness (QED) is 0.850. The van der Waals surface area contributed by atoms with Crippen LogP contribution in [0.1, 0.15) is 17.7 Å². The second kappa shape index (κ2) is 6.49. The molecule has 1 saturated heterocycles. The van der Waals surface area contributed by atoms with Gasteiger partial charge in [-0.25, -0.2) is 0 Å². The van der Waals surface area contributed by atoms with Crippen LogP contribution < -0.4 is 5.32 Å². The molecule has 5 nitrogen and oxygen atoms in total. The molecular formula is C12H15BrN2O3S. The van der Waals surface area contributed by atoms with Crippen LogP contribution >= 0.6 is 27.3 Å². The van der Waals surface area contributed by atoms with Gasteiger partial charge in [0.2, 0.25) is 5.91 Å². The highest BCUT2D eigenvalue weighted by atomic mass is 79.9. The maximum atomic E-state index is 11.8. The van der Waals surface area contributed by atoms with E-state index in [1.165, 1.54) is 0 Å². The first-order valence-electron chi connectivity index (χ1n) is 6.02. The van der Waals surface area contributed by atoms with Crippen LogP contribution in [-0.2, 0) is 16.1 Å². The third-order valence-corrected chi connectivity index (χ3v) is 4.77. The van der Waals surface area contributed by atoms with E-state index in [1.54, 1.807) is 16.2 Å². The smallest absolute Gasteiger partial charge is 0.320 e. The molecule has 0 saturated carbocycles. The molecule has 104 valence electrons. The molecule has 1 fully saturated rings. The van der Waals surface area contributed by atoms with Gasteiger partial charge in [0, 0.05) is 14.7 Å². The molecule has 7 heteroatoms. The fraction of sp³-hybridized carbons (Fsp3) is 0.500. The average molecular weight is 347 g/mol. The number of aliphatic carboxylic acids is 1. The number of nitrogens with one attached hydrogen (secondary N) is 1. The molecule has 1 atom stereocenters. The number of rotatable bonds is 5. The number of hydrogen-bond donors (Lipinski definition) is 2. The zero-order valence-corrected chi connectivity index (χ0v) is 12.7. The van der Waals surface area contributed by atoms with E-state index in [0.29, 0.717) is 19.5 Å². The van der Waals surface area contributed by atoms with Gasteiger partial charge >= 0.3 is 5.97 Å². The normalized spacial score (nSPS) is 19.5. The molecule has 1 aliphatic heterocycles. The predicted molar refractivity (Wildman–Crippen MR) is 76.1 cm³/mol. The SMILES string of the molecule is O=C(CN1CCCC1C(=O)O)NCc1cc(Br)cs1. The van der Waals surface area contributed by atoms with Gasteiger partial charge in [-0.15, -0.1) is 11.3 Å². The van der Waals surface area contributed by atoms with E-state index in [2.05, 4.69) is 21.2 Å². The highest BCUT2D eigenvalue weighted by Gasteiger charge is 2.31. The lowest BCUT2D eigenvalue weighted by molar-refractivity contribution is -0.142. The molecule has 2 heterocycles. The summed E-state index contributed by atoms with van der Waals surface area (Å²) in [5.41, 5.74) is 0. The summed E-state index contributed by atoms with van der Waals surface area (Å²) in [7, 11) is 0. The van der Waals surface area contributed by atoms with E-state index in [0.717, 1.165) is 15.8 Å². The summed E-state index contributed by atoms with van der Waals surface area (Å²) in [6.07, 6.45) is 1.46. The third kappa shape index (κ3) is 4.02. The lowest BCUT2D eigenvalue weighted by Crippen LogP contribution is -2.42. The highest BCUT2D eigenvalue weighted by molar-refractivity contribution is 9.10. The first kappa shape index (κ1) is 14.5. The van der Waals surface area contributed by atoms with Crippen LogP contribution in [0.3, 0.4) is 0 Å². The van der Waals surface area contributed by atoms with Crippen LogP contribution in [0.15, 0.2) is 15.9 Å². The van der Waals surface area contributed by atoms with Crippen molar-refractivity contribution >= 4 is 39.1 Å². The lowest BCUT2D eigenvalue weighted by atomic mass is 10.2. The minimum absolute atomic E-state index is 0.127. The molecule has 1 amide bonds. The van der Waals surface area contributed by atoms with Crippen molar-refractivity contribution in [2.75, 3.05) is 13.1 Å². The summed E-state index contributed by atoms with van der Waals surface area (Å²) in [5.74, 6) is -0.967. The van der Waals surface area contributed by atoms with Gasteiger partial charge < -0.3 is 10.4 Å². The monoisotopic (exact) mass is 346 g/mol. The van der Waals surface area contributed by atoms with Crippen molar-refractivity contribution < 1.29 is 14.7 Å². The lowest BCUT2D eigenvalue weighted by Gasteiger charge is -2.20. The zero-order chi connectivity index (χ0) is 13.8. The van der Waals surface area contributed by atoms with E-state index in [9.17, 15) is 9.59 Å². The Bertz CT molecular complexity index is 477. The number of likely N-dealkylation sites (tertiary alicyclic amines) is 1. The van der Waals surface area contributed by atoms with Crippen LogP contribution in [0.4, 0.5) is 0 Å². The van der Waals surface area contributed by atoms with Crippen LogP contribution in [0.25, 0.3) is 0 Å². The van der Waals surface area contributed by atoms with Crippen molar-refractivity contribution in [1.82, 2.24) is 10.2 Å². The van der Waals surface area contributed by atoms with Gasteiger partial charge in [0.15, 0.2) is 0 Å². The van der Waals surface area contributed by atoms with Crippen LogP contribution in [-0.4, -0.2) is 41.0 Å². The summed E-state index contributed by atoms with van der Waals surface area (Å²) in [6.45, 7) is 1.32. The number of carbonyl (C=O) groups excluding carboxylic acids is 1. The van der Waals surface area contributed by atoms with E-state index in [1.807, 2.05) is 11.4 Å². The summed E-state index contributed by atoms with van der Waals surface area (Å²) in [4.78, 5) is 25.6. The van der Waals surface area contributed by atoms with Crippen molar-refractivity contribution in [3.63, 3.8) is 0 Å². The van der Waals surface area contributed by atoms with Gasteiger partial charge in [0.05, 0.1) is 13.1 Å². The fourth-order valence-corrected chi connectivity index (χ4v) is 3.56. The number of carboxylic acid groups (broad SMARTS) is 1. The maximum Gasteiger partial charge on any atom is 0.320 e. The van der Waals surface area contributed by atoms with Crippen molar-refractivity contribution in [1.29, 1.82) is 0 Å². The van der Waals surface area contributed by atoms with Gasteiger partial charge in [0.1, 0.15) is 6.04 Å². The van der Waals surface area contributed by atoms with E-state index < -0.39 is 12.0 Å².